The summed E-state index contributed by atoms with van der Waals surface area (Å²) in [5.74, 6) is -1.42. The molecule has 1 aliphatic heterocycles. The van der Waals surface area contributed by atoms with Gasteiger partial charge in [0, 0.05) is 5.69 Å². The quantitative estimate of drug-likeness (QED) is 0.646. The van der Waals surface area contributed by atoms with Crippen molar-refractivity contribution in [3.63, 3.8) is 0 Å². The van der Waals surface area contributed by atoms with E-state index in [0.717, 1.165) is 24.2 Å². The number of carbonyl (C=O) groups is 3. The van der Waals surface area contributed by atoms with Crippen LogP contribution in [0.5, 0.6) is 0 Å². The third kappa shape index (κ3) is 4.35. The maximum atomic E-state index is 13.3. The van der Waals surface area contributed by atoms with Gasteiger partial charge in [-0.2, -0.15) is 0 Å². The van der Waals surface area contributed by atoms with Crippen LogP contribution in [0, 0.1) is 5.82 Å². The van der Waals surface area contributed by atoms with Gasteiger partial charge in [0.1, 0.15) is 17.9 Å². The molecule has 1 atom stereocenters. The van der Waals surface area contributed by atoms with Gasteiger partial charge in [0.05, 0.1) is 0 Å². The first-order valence-electron chi connectivity index (χ1n) is 10.2. The number of amides is 4. The zero-order valence-corrected chi connectivity index (χ0v) is 17.2. The summed E-state index contributed by atoms with van der Waals surface area (Å²) in [4.78, 5) is 38.9. The molecule has 158 valence electrons. The van der Waals surface area contributed by atoms with Crippen molar-refractivity contribution in [2.45, 2.75) is 45.1 Å². The summed E-state index contributed by atoms with van der Waals surface area (Å²) in [5, 5.41) is 5.41. The molecule has 0 spiro atoms. The predicted molar refractivity (Wildman–Crippen MR) is 112 cm³/mol. The van der Waals surface area contributed by atoms with E-state index in [1.807, 2.05) is 24.3 Å². The Labute approximate surface area is 175 Å². The van der Waals surface area contributed by atoms with Crippen LogP contribution >= 0.6 is 0 Å². The number of urea groups is 1. The number of nitrogens with zero attached hydrogens (tertiary/aromatic N) is 1. The van der Waals surface area contributed by atoms with Crippen molar-refractivity contribution in [3.8, 4) is 0 Å². The fourth-order valence-corrected chi connectivity index (χ4v) is 3.62. The first-order valence-corrected chi connectivity index (χ1v) is 10.2. The van der Waals surface area contributed by atoms with E-state index in [-0.39, 0.29) is 6.42 Å². The SMILES string of the molecule is CCCCc1ccc(NC(=O)CN2C(=O)N[C@@](CC)(c3ccc(F)cc3)C2=O)cc1. The number of nitrogens with one attached hydrogen (secondary N) is 2. The Bertz CT molecular complexity index is 928. The van der Waals surface area contributed by atoms with E-state index in [1.54, 1.807) is 6.92 Å². The van der Waals surface area contributed by atoms with Crippen LogP contribution in [-0.4, -0.2) is 29.3 Å². The Kier molecular flexibility index (Phi) is 6.50. The molecule has 1 heterocycles. The first-order chi connectivity index (χ1) is 14.4. The van der Waals surface area contributed by atoms with Crippen molar-refractivity contribution in [1.29, 1.82) is 0 Å². The maximum absolute atomic E-state index is 13.3. The summed E-state index contributed by atoms with van der Waals surface area (Å²) in [7, 11) is 0. The van der Waals surface area contributed by atoms with Gasteiger partial charge in [-0.05, 0) is 54.7 Å². The van der Waals surface area contributed by atoms with E-state index in [0.29, 0.717) is 11.3 Å². The lowest BCUT2D eigenvalue weighted by molar-refractivity contribution is -0.134. The van der Waals surface area contributed by atoms with E-state index in [2.05, 4.69) is 17.6 Å². The zero-order chi connectivity index (χ0) is 21.7. The monoisotopic (exact) mass is 411 g/mol. The molecule has 7 heteroatoms. The highest BCUT2D eigenvalue weighted by atomic mass is 19.1. The maximum Gasteiger partial charge on any atom is 0.325 e. The lowest BCUT2D eigenvalue weighted by atomic mass is 9.87. The van der Waals surface area contributed by atoms with Crippen LogP contribution < -0.4 is 10.6 Å². The second kappa shape index (κ2) is 9.07. The highest BCUT2D eigenvalue weighted by Gasteiger charge is 2.51. The van der Waals surface area contributed by atoms with Crippen molar-refractivity contribution >= 4 is 23.5 Å². The Morgan fingerprint density at radius 2 is 1.73 bits per heavy atom. The van der Waals surface area contributed by atoms with Crippen molar-refractivity contribution in [2.24, 2.45) is 0 Å². The Morgan fingerprint density at radius 1 is 1.07 bits per heavy atom. The zero-order valence-electron chi connectivity index (χ0n) is 17.2. The number of hydrogen-bond donors (Lipinski definition) is 2. The minimum atomic E-state index is -1.30. The van der Waals surface area contributed by atoms with Crippen molar-refractivity contribution in [3.05, 3.63) is 65.5 Å². The van der Waals surface area contributed by atoms with Crippen LogP contribution in [0.25, 0.3) is 0 Å². The lowest BCUT2D eigenvalue weighted by Crippen LogP contribution is -2.44. The average Bonchev–Trinajstić information content (AvgIpc) is 2.99. The molecule has 2 aromatic rings. The standard InChI is InChI=1S/C23H26FN3O3/c1-3-5-6-16-7-13-19(14-8-16)25-20(28)15-27-21(29)23(4-2,26-22(27)30)17-9-11-18(24)12-10-17/h7-14H,3-6,15H2,1-2H3,(H,25,28)(H,26,30)/t23-/m0/s1. The molecule has 4 amide bonds. The van der Waals surface area contributed by atoms with Gasteiger partial charge in [-0.15, -0.1) is 0 Å². The Morgan fingerprint density at radius 3 is 2.33 bits per heavy atom. The number of unbranched alkanes of at least 4 members (excludes halogenated alkanes) is 1. The number of benzene rings is 2. The van der Waals surface area contributed by atoms with Crippen molar-refractivity contribution < 1.29 is 18.8 Å². The summed E-state index contributed by atoms with van der Waals surface area (Å²) in [6.07, 6.45) is 3.48. The van der Waals surface area contributed by atoms with Crippen LogP contribution in [0.15, 0.2) is 48.5 Å². The molecule has 1 saturated heterocycles. The molecule has 0 bridgehead atoms. The number of rotatable bonds is 8. The molecule has 0 aliphatic carbocycles. The van der Waals surface area contributed by atoms with Gasteiger partial charge in [0.25, 0.3) is 5.91 Å². The first kappa shape index (κ1) is 21.5. The minimum absolute atomic E-state index is 0.278. The highest BCUT2D eigenvalue weighted by molar-refractivity contribution is 6.10. The number of halogens is 1. The third-order valence-corrected chi connectivity index (χ3v) is 5.40. The number of anilines is 1. The van der Waals surface area contributed by atoms with Crippen LogP contribution in [-0.2, 0) is 21.5 Å². The topological polar surface area (TPSA) is 78.5 Å². The predicted octanol–water partition coefficient (Wildman–Crippen LogP) is 3.96. The van der Waals surface area contributed by atoms with Gasteiger partial charge < -0.3 is 10.6 Å². The Hall–Kier alpha value is -3.22. The van der Waals surface area contributed by atoms with Crippen LogP contribution in [0.2, 0.25) is 0 Å². The van der Waals surface area contributed by atoms with Gasteiger partial charge in [0.15, 0.2) is 0 Å². The summed E-state index contributed by atoms with van der Waals surface area (Å²) < 4.78 is 13.3. The largest absolute Gasteiger partial charge is 0.325 e. The number of imide groups is 1. The molecule has 0 unspecified atom stereocenters. The normalized spacial score (nSPS) is 18.4. The fourth-order valence-electron chi connectivity index (χ4n) is 3.62. The van der Waals surface area contributed by atoms with Crippen LogP contribution in [0.4, 0.5) is 14.9 Å². The van der Waals surface area contributed by atoms with Gasteiger partial charge >= 0.3 is 6.03 Å². The van der Waals surface area contributed by atoms with E-state index in [4.69, 9.17) is 0 Å². The molecular formula is C23H26FN3O3. The van der Waals surface area contributed by atoms with Crippen molar-refractivity contribution in [1.82, 2.24) is 10.2 Å². The van der Waals surface area contributed by atoms with Crippen molar-refractivity contribution in [2.75, 3.05) is 11.9 Å². The number of aryl methyl sites for hydroxylation is 1. The second-order valence-electron chi connectivity index (χ2n) is 7.44. The minimum Gasteiger partial charge on any atom is -0.325 e. The molecule has 0 radical (unpaired) electrons. The summed E-state index contributed by atoms with van der Waals surface area (Å²) in [6.45, 7) is 3.49. The second-order valence-corrected chi connectivity index (χ2v) is 7.44. The third-order valence-electron chi connectivity index (χ3n) is 5.40. The molecule has 6 nitrogen and oxygen atoms in total. The fraction of sp³-hybridized carbons (Fsp3) is 0.348. The average molecular weight is 411 g/mol. The van der Waals surface area contributed by atoms with Gasteiger partial charge in [-0.25, -0.2) is 9.18 Å². The van der Waals surface area contributed by atoms with E-state index in [1.165, 1.54) is 29.8 Å². The van der Waals surface area contributed by atoms with E-state index in [9.17, 15) is 18.8 Å². The molecule has 0 saturated carbocycles. The molecule has 30 heavy (non-hydrogen) atoms. The molecule has 3 rings (SSSR count). The van der Waals surface area contributed by atoms with E-state index < -0.39 is 35.7 Å². The number of hydrogen-bond acceptors (Lipinski definition) is 3. The molecule has 0 aromatic heterocycles. The van der Waals surface area contributed by atoms with Gasteiger partial charge in [-0.1, -0.05) is 44.5 Å². The van der Waals surface area contributed by atoms with Gasteiger partial charge in [0.2, 0.25) is 5.91 Å². The highest BCUT2D eigenvalue weighted by Crippen LogP contribution is 2.32. The van der Waals surface area contributed by atoms with Crippen LogP contribution in [0.3, 0.4) is 0 Å². The molecule has 1 aliphatic rings. The molecule has 2 aromatic carbocycles. The Balaban J connectivity index is 1.68. The molecular weight excluding hydrogens is 385 g/mol. The summed E-state index contributed by atoms with van der Waals surface area (Å²) in [6, 6.07) is 12.3. The van der Waals surface area contributed by atoms with Gasteiger partial charge in [-0.3, -0.25) is 14.5 Å². The lowest BCUT2D eigenvalue weighted by Gasteiger charge is -2.25. The molecule has 2 N–H and O–H groups in total. The van der Waals surface area contributed by atoms with E-state index >= 15 is 0 Å². The summed E-state index contributed by atoms with van der Waals surface area (Å²) >= 11 is 0. The summed E-state index contributed by atoms with van der Waals surface area (Å²) in [5.41, 5.74) is 0.977. The van der Waals surface area contributed by atoms with Crippen LogP contribution in [0.1, 0.15) is 44.2 Å². The molecule has 1 fully saturated rings. The number of carbonyl (C=O) groups excluding carboxylic acids is 3. The smallest absolute Gasteiger partial charge is 0.325 e.